The van der Waals surface area contributed by atoms with Crippen molar-refractivity contribution in [2.24, 2.45) is 5.73 Å². The topological polar surface area (TPSA) is 26.0 Å². The zero-order valence-corrected chi connectivity index (χ0v) is 8.79. The summed E-state index contributed by atoms with van der Waals surface area (Å²) in [7, 11) is 0. The first kappa shape index (κ1) is 9.00. The van der Waals surface area contributed by atoms with Gasteiger partial charge >= 0.3 is 0 Å². The summed E-state index contributed by atoms with van der Waals surface area (Å²) in [5, 5.41) is 0. The molecule has 0 amide bonds. The molecule has 1 aromatic carbocycles. The van der Waals surface area contributed by atoms with E-state index in [1.54, 1.807) is 0 Å². The minimum atomic E-state index is 0.0836. The molecule has 0 bridgehead atoms. The molecule has 76 valence electrons. The Balaban J connectivity index is 2.03. The Bertz CT molecular complexity index is 445. The molecule has 2 aliphatic rings. The third-order valence-corrected chi connectivity index (χ3v) is 4.07. The molecule has 0 heterocycles. The van der Waals surface area contributed by atoms with Gasteiger partial charge in [-0.1, -0.05) is 18.1 Å². The molecule has 0 saturated heterocycles. The molecule has 0 spiro atoms. The van der Waals surface area contributed by atoms with E-state index in [1.807, 2.05) is 6.07 Å². The van der Waals surface area contributed by atoms with Gasteiger partial charge in [-0.2, -0.15) is 0 Å². The van der Waals surface area contributed by atoms with Gasteiger partial charge in [-0.3, -0.25) is 0 Å². The van der Waals surface area contributed by atoms with Crippen LogP contribution in [0.5, 0.6) is 0 Å². The van der Waals surface area contributed by atoms with Gasteiger partial charge in [0.05, 0.1) is 0 Å². The predicted molar refractivity (Wildman–Crippen MR) is 61.4 cm³/mol. The van der Waals surface area contributed by atoms with Gasteiger partial charge in [0.1, 0.15) is 0 Å². The highest BCUT2D eigenvalue weighted by Gasteiger charge is 2.63. The lowest BCUT2D eigenvalue weighted by molar-refractivity contribution is 0.503. The zero-order chi connectivity index (χ0) is 10.5. The number of hydrogen-bond donors (Lipinski definition) is 1. The molecule has 1 aromatic rings. The second-order valence-electron chi connectivity index (χ2n) is 4.96. The van der Waals surface area contributed by atoms with E-state index in [0.29, 0.717) is 0 Å². The monoisotopic (exact) mass is 197 g/mol. The third kappa shape index (κ3) is 1.15. The van der Waals surface area contributed by atoms with Crippen molar-refractivity contribution in [3.8, 4) is 12.3 Å². The van der Waals surface area contributed by atoms with Crippen LogP contribution in [-0.2, 0) is 5.41 Å². The van der Waals surface area contributed by atoms with Crippen molar-refractivity contribution in [2.45, 2.75) is 36.6 Å². The molecule has 0 aliphatic heterocycles. The van der Waals surface area contributed by atoms with Crippen molar-refractivity contribution >= 4 is 0 Å². The number of terminal acetylenes is 1. The van der Waals surface area contributed by atoms with Gasteiger partial charge in [0.2, 0.25) is 0 Å². The van der Waals surface area contributed by atoms with Gasteiger partial charge in [0.25, 0.3) is 0 Å². The number of nitrogens with two attached hydrogens (primary N) is 1. The van der Waals surface area contributed by atoms with Crippen molar-refractivity contribution in [3.05, 3.63) is 35.4 Å². The SMILES string of the molecule is C#Cc1cccc(C2(C3(N)CC3)CC2)c1. The first-order valence-corrected chi connectivity index (χ1v) is 5.56. The molecule has 1 nitrogen and oxygen atoms in total. The van der Waals surface area contributed by atoms with Crippen LogP contribution in [0.1, 0.15) is 36.8 Å². The summed E-state index contributed by atoms with van der Waals surface area (Å²) in [5.41, 5.74) is 9.04. The lowest BCUT2D eigenvalue weighted by Crippen LogP contribution is -2.37. The Labute approximate surface area is 90.7 Å². The van der Waals surface area contributed by atoms with Crippen LogP contribution in [0.3, 0.4) is 0 Å². The average molecular weight is 197 g/mol. The highest BCUT2D eigenvalue weighted by Crippen LogP contribution is 2.63. The molecule has 0 atom stereocenters. The fraction of sp³-hybridized carbons (Fsp3) is 0.429. The van der Waals surface area contributed by atoms with Crippen LogP contribution >= 0.6 is 0 Å². The van der Waals surface area contributed by atoms with E-state index in [4.69, 9.17) is 12.2 Å². The van der Waals surface area contributed by atoms with Crippen LogP contribution in [0.15, 0.2) is 24.3 Å². The minimum Gasteiger partial charge on any atom is -0.324 e. The average Bonchev–Trinajstić information content (AvgIpc) is 3.13. The van der Waals surface area contributed by atoms with Crippen LogP contribution in [0.4, 0.5) is 0 Å². The normalized spacial score (nSPS) is 24.3. The molecule has 0 unspecified atom stereocenters. The van der Waals surface area contributed by atoms with E-state index in [0.717, 1.165) is 5.56 Å². The summed E-state index contributed by atoms with van der Waals surface area (Å²) in [6.45, 7) is 0. The zero-order valence-electron chi connectivity index (χ0n) is 8.79. The van der Waals surface area contributed by atoms with E-state index in [2.05, 4.69) is 24.1 Å². The summed E-state index contributed by atoms with van der Waals surface area (Å²) in [5.74, 6) is 2.70. The van der Waals surface area contributed by atoms with Crippen molar-refractivity contribution in [3.63, 3.8) is 0 Å². The second-order valence-corrected chi connectivity index (χ2v) is 4.96. The van der Waals surface area contributed by atoms with Gasteiger partial charge in [-0.05, 0) is 43.4 Å². The standard InChI is InChI=1S/C14H15N/c1-2-11-4-3-5-12(10-11)13(6-7-13)14(15)8-9-14/h1,3-5,10H,6-9,15H2. The quantitative estimate of drug-likeness (QED) is 0.723. The predicted octanol–water partition coefficient (Wildman–Crippen LogP) is 2.19. The molecule has 3 rings (SSSR count). The van der Waals surface area contributed by atoms with Crippen LogP contribution < -0.4 is 5.73 Å². The van der Waals surface area contributed by atoms with E-state index in [-0.39, 0.29) is 11.0 Å². The van der Waals surface area contributed by atoms with Crippen LogP contribution in [0.2, 0.25) is 0 Å². The van der Waals surface area contributed by atoms with E-state index < -0.39 is 0 Å². The minimum absolute atomic E-state index is 0.0836. The Morgan fingerprint density at radius 2 is 1.93 bits per heavy atom. The van der Waals surface area contributed by atoms with Gasteiger partial charge in [-0.25, -0.2) is 0 Å². The molecule has 1 heteroatoms. The number of hydrogen-bond acceptors (Lipinski definition) is 1. The summed E-state index contributed by atoms with van der Waals surface area (Å²) < 4.78 is 0. The summed E-state index contributed by atoms with van der Waals surface area (Å²) >= 11 is 0. The molecule has 15 heavy (non-hydrogen) atoms. The molecular formula is C14H15N. The highest BCUT2D eigenvalue weighted by molar-refractivity contribution is 5.45. The van der Waals surface area contributed by atoms with Crippen molar-refractivity contribution < 1.29 is 0 Å². The van der Waals surface area contributed by atoms with Gasteiger partial charge in [0.15, 0.2) is 0 Å². The maximum Gasteiger partial charge on any atom is 0.0253 e. The maximum atomic E-state index is 6.36. The first-order chi connectivity index (χ1) is 7.20. The fourth-order valence-electron chi connectivity index (χ4n) is 2.72. The third-order valence-electron chi connectivity index (χ3n) is 4.07. The summed E-state index contributed by atoms with van der Waals surface area (Å²) in [4.78, 5) is 0. The molecule has 0 aromatic heterocycles. The van der Waals surface area contributed by atoms with E-state index >= 15 is 0 Å². The Kier molecular flexibility index (Phi) is 1.59. The Morgan fingerprint density at radius 3 is 2.47 bits per heavy atom. The number of rotatable bonds is 2. The second kappa shape index (κ2) is 2.65. The molecular weight excluding hydrogens is 182 g/mol. The van der Waals surface area contributed by atoms with Crippen LogP contribution in [0, 0.1) is 12.3 Å². The number of benzene rings is 1. The van der Waals surface area contributed by atoms with E-state index in [9.17, 15) is 0 Å². The van der Waals surface area contributed by atoms with Crippen LogP contribution in [-0.4, -0.2) is 5.54 Å². The fourth-order valence-corrected chi connectivity index (χ4v) is 2.72. The highest BCUT2D eigenvalue weighted by atomic mass is 14.9. The molecule has 2 saturated carbocycles. The van der Waals surface area contributed by atoms with Gasteiger partial charge < -0.3 is 5.73 Å². The lowest BCUT2D eigenvalue weighted by atomic mass is 9.85. The van der Waals surface area contributed by atoms with Crippen molar-refractivity contribution in [2.75, 3.05) is 0 Å². The van der Waals surface area contributed by atoms with Crippen molar-refractivity contribution in [1.29, 1.82) is 0 Å². The Hall–Kier alpha value is -1.26. The maximum absolute atomic E-state index is 6.36. The van der Waals surface area contributed by atoms with E-state index in [1.165, 1.54) is 31.2 Å². The van der Waals surface area contributed by atoms with Crippen LogP contribution in [0.25, 0.3) is 0 Å². The summed E-state index contributed by atoms with van der Waals surface area (Å²) in [6.07, 6.45) is 10.2. The van der Waals surface area contributed by atoms with Gasteiger partial charge in [0, 0.05) is 16.5 Å². The molecule has 2 N–H and O–H groups in total. The Morgan fingerprint density at radius 1 is 1.20 bits per heavy atom. The van der Waals surface area contributed by atoms with Crippen molar-refractivity contribution in [1.82, 2.24) is 0 Å². The first-order valence-electron chi connectivity index (χ1n) is 5.56. The molecule has 2 fully saturated rings. The summed E-state index contributed by atoms with van der Waals surface area (Å²) in [6, 6.07) is 8.35. The van der Waals surface area contributed by atoms with Gasteiger partial charge in [-0.15, -0.1) is 6.42 Å². The molecule has 0 radical (unpaired) electrons. The smallest absolute Gasteiger partial charge is 0.0253 e. The lowest BCUT2D eigenvalue weighted by Gasteiger charge is -2.23. The molecule has 2 aliphatic carbocycles. The largest absolute Gasteiger partial charge is 0.324 e.